The van der Waals surface area contributed by atoms with Crippen molar-refractivity contribution in [3.63, 3.8) is 0 Å². The Morgan fingerprint density at radius 2 is 1.53 bits per heavy atom. The molecule has 0 radical (unpaired) electrons. The summed E-state index contributed by atoms with van der Waals surface area (Å²) in [5.74, 6) is -0.879. The van der Waals surface area contributed by atoms with Crippen LogP contribution < -0.4 is 15.5 Å². The van der Waals surface area contributed by atoms with E-state index >= 15 is 0 Å². The Balaban J connectivity index is 2.05. The average Bonchev–Trinajstić information content (AvgIpc) is 2.72. The summed E-state index contributed by atoms with van der Waals surface area (Å²) in [7, 11) is -3.15. The number of nitrogens with one attached hydrogen (secondary N) is 2. The number of alkyl carbamates (subject to hydrolysis) is 1. The predicted octanol–water partition coefficient (Wildman–Crippen LogP) is 2.66. The number of ether oxygens (including phenoxy) is 1. The third kappa shape index (κ3) is 8.29. The minimum Gasteiger partial charge on any atom is -0.566 e. The minimum atomic E-state index is -3.15. The van der Waals surface area contributed by atoms with Gasteiger partial charge in [0, 0.05) is 12.3 Å². The number of carbonyl (C=O) groups excluding carboxylic acids is 2. The van der Waals surface area contributed by atoms with Gasteiger partial charge in [-0.25, -0.2) is 4.79 Å². The molecule has 0 aliphatic carbocycles. The van der Waals surface area contributed by atoms with E-state index < -0.39 is 32.5 Å². The molecule has 2 amide bonds. The van der Waals surface area contributed by atoms with Crippen LogP contribution in [-0.2, 0) is 31.6 Å². The molecule has 160 valence electrons. The van der Waals surface area contributed by atoms with Crippen molar-refractivity contribution < 1.29 is 28.3 Å². The van der Waals surface area contributed by atoms with Gasteiger partial charge in [0.15, 0.2) is 6.23 Å². The van der Waals surface area contributed by atoms with Crippen LogP contribution in [0.15, 0.2) is 60.7 Å². The second-order valence-electron chi connectivity index (χ2n) is 6.95. The lowest BCUT2D eigenvalue weighted by atomic mass is 10.0. The summed E-state index contributed by atoms with van der Waals surface area (Å²) < 4.78 is 20.9. The van der Waals surface area contributed by atoms with Gasteiger partial charge in [0.1, 0.15) is 12.6 Å². The molecule has 9 heteroatoms. The number of hydrogen-bond donors (Lipinski definition) is 2. The van der Waals surface area contributed by atoms with Crippen molar-refractivity contribution in [3.8, 4) is 0 Å². The van der Waals surface area contributed by atoms with Crippen LogP contribution in [0.5, 0.6) is 0 Å². The lowest BCUT2D eigenvalue weighted by Crippen LogP contribution is -2.52. The maximum atomic E-state index is 12.8. The molecule has 30 heavy (non-hydrogen) atoms. The Morgan fingerprint density at radius 3 is 2.07 bits per heavy atom. The van der Waals surface area contributed by atoms with E-state index in [1.807, 2.05) is 60.7 Å². The molecule has 0 saturated heterocycles. The Bertz CT molecular complexity index is 832. The summed E-state index contributed by atoms with van der Waals surface area (Å²) >= 11 is 0. The fourth-order valence-corrected chi connectivity index (χ4v) is 3.10. The van der Waals surface area contributed by atoms with Gasteiger partial charge < -0.3 is 20.3 Å². The highest BCUT2D eigenvalue weighted by molar-refractivity contribution is 7.30. The third-order valence-corrected chi connectivity index (χ3v) is 4.59. The van der Waals surface area contributed by atoms with E-state index in [1.165, 1.54) is 0 Å². The van der Waals surface area contributed by atoms with Gasteiger partial charge in [-0.05, 0) is 15.7 Å². The van der Waals surface area contributed by atoms with Gasteiger partial charge in [0.05, 0.1) is 0 Å². The van der Waals surface area contributed by atoms with Crippen molar-refractivity contribution in [1.29, 1.82) is 0 Å². The molecule has 2 N–H and O–H groups in total. The summed E-state index contributed by atoms with van der Waals surface area (Å²) in [6.45, 7) is 3.47. The molecule has 2 rings (SSSR count). The molecule has 0 aliphatic rings. The van der Waals surface area contributed by atoms with Crippen LogP contribution in [-0.4, -0.2) is 24.3 Å². The number of carbonyl (C=O) groups is 2. The van der Waals surface area contributed by atoms with Crippen LogP contribution in [0.1, 0.15) is 25.0 Å². The smallest absolute Gasteiger partial charge is 0.490 e. The van der Waals surface area contributed by atoms with Crippen LogP contribution in [0.4, 0.5) is 4.79 Å². The molecular formula is C21H25N2O6P. The summed E-state index contributed by atoms with van der Waals surface area (Å²) in [5.41, 5.74) is 1.63. The zero-order valence-corrected chi connectivity index (χ0v) is 17.7. The molecule has 0 spiro atoms. The van der Waals surface area contributed by atoms with Crippen molar-refractivity contribution in [2.75, 3.05) is 0 Å². The molecule has 3 unspecified atom stereocenters. The first-order valence-corrected chi connectivity index (χ1v) is 10.6. The number of hydrogen-bond acceptors (Lipinski definition) is 6. The lowest BCUT2D eigenvalue weighted by Gasteiger charge is -2.22. The van der Waals surface area contributed by atoms with Gasteiger partial charge in [0.2, 0.25) is 5.91 Å². The topological polar surface area (TPSA) is 117 Å². The molecule has 2 aromatic carbocycles. The largest absolute Gasteiger partial charge is 0.566 e. The fourth-order valence-electron chi connectivity index (χ4n) is 2.61. The number of amides is 2. The maximum Gasteiger partial charge on any atom is 0.490 e. The molecule has 0 aliphatic heterocycles. The van der Waals surface area contributed by atoms with Crippen molar-refractivity contribution in [1.82, 2.24) is 10.6 Å². The highest BCUT2D eigenvalue weighted by Crippen LogP contribution is 2.17. The van der Waals surface area contributed by atoms with Crippen LogP contribution in [0.2, 0.25) is 0 Å². The van der Waals surface area contributed by atoms with E-state index in [2.05, 4.69) is 10.6 Å². The van der Waals surface area contributed by atoms with Gasteiger partial charge in [-0.2, -0.15) is 0 Å². The van der Waals surface area contributed by atoms with Gasteiger partial charge in [-0.3, -0.25) is 4.79 Å². The van der Waals surface area contributed by atoms with Crippen molar-refractivity contribution in [3.05, 3.63) is 71.8 Å². The first-order chi connectivity index (χ1) is 14.3. The molecular weight excluding hydrogens is 407 g/mol. The Kier molecular flexibility index (Phi) is 9.41. The molecule has 0 bridgehead atoms. The fraction of sp³-hybridized carbons (Fsp3) is 0.333. The van der Waals surface area contributed by atoms with Crippen LogP contribution in [0, 0.1) is 5.92 Å². The second-order valence-corrected chi connectivity index (χ2v) is 7.61. The van der Waals surface area contributed by atoms with Gasteiger partial charge >= 0.3 is 14.3 Å². The summed E-state index contributed by atoms with van der Waals surface area (Å²) in [4.78, 5) is 36.0. The molecule has 0 fully saturated rings. The molecule has 8 nitrogen and oxygen atoms in total. The predicted molar refractivity (Wildman–Crippen MR) is 109 cm³/mol. The number of benzene rings is 2. The van der Waals surface area contributed by atoms with E-state index in [0.717, 1.165) is 11.1 Å². The van der Waals surface area contributed by atoms with Gasteiger partial charge in [-0.1, -0.05) is 74.5 Å². The van der Waals surface area contributed by atoms with Crippen LogP contribution in [0.3, 0.4) is 0 Å². The van der Waals surface area contributed by atoms with Crippen LogP contribution in [0.25, 0.3) is 0 Å². The van der Waals surface area contributed by atoms with Crippen LogP contribution >= 0.6 is 8.25 Å². The number of rotatable bonds is 10. The quantitative estimate of drug-likeness (QED) is 0.440. The maximum absolute atomic E-state index is 12.8. The first kappa shape index (κ1) is 23.5. The molecule has 3 atom stereocenters. The monoisotopic (exact) mass is 432 g/mol. The summed E-state index contributed by atoms with van der Waals surface area (Å²) in [6, 6.07) is 17.3. The van der Waals surface area contributed by atoms with E-state index in [9.17, 15) is 19.0 Å². The lowest BCUT2D eigenvalue weighted by molar-refractivity contribution is -0.192. The SMILES string of the molecule is CC(C)C(NC(=O)C(Cc1ccccc1)NC(=O)OCc1ccccc1)O[P+](=O)[O-]. The van der Waals surface area contributed by atoms with Gasteiger partial charge in [-0.15, -0.1) is 4.52 Å². The van der Waals surface area contributed by atoms with E-state index in [4.69, 9.17) is 9.26 Å². The normalized spacial score (nSPS) is 13.3. The molecule has 0 aromatic heterocycles. The van der Waals surface area contributed by atoms with Crippen molar-refractivity contribution in [2.45, 2.75) is 39.1 Å². The highest BCUT2D eigenvalue weighted by atomic mass is 31.1. The zero-order valence-electron chi connectivity index (χ0n) is 16.8. The zero-order chi connectivity index (χ0) is 21.9. The van der Waals surface area contributed by atoms with E-state index in [1.54, 1.807) is 13.8 Å². The second kappa shape index (κ2) is 12.0. The van der Waals surface area contributed by atoms with Crippen molar-refractivity contribution in [2.24, 2.45) is 5.92 Å². The first-order valence-electron chi connectivity index (χ1n) is 9.48. The molecule has 2 aromatic rings. The van der Waals surface area contributed by atoms with E-state index in [0.29, 0.717) is 0 Å². The Labute approximate surface area is 176 Å². The third-order valence-electron chi connectivity index (χ3n) is 4.19. The summed E-state index contributed by atoms with van der Waals surface area (Å²) in [6.07, 6.45) is -1.60. The van der Waals surface area contributed by atoms with Gasteiger partial charge in [0.25, 0.3) is 0 Å². The average molecular weight is 432 g/mol. The Hall–Kier alpha value is -2.80. The standard InChI is InChI=1S/C21H25N2O6P/c1-15(2)20(29-30(26)27)23-19(24)18(13-16-9-5-3-6-10-16)22-21(25)28-14-17-11-7-4-8-12-17/h3-12,15,18,20H,13-14H2,1-2H3,(H,22,25)(H,23,24). The molecule has 0 heterocycles. The minimum absolute atomic E-state index is 0.0563. The Morgan fingerprint density at radius 1 is 0.967 bits per heavy atom. The highest BCUT2D eigenvalue weighted by Gasteiger charge is 2.28. The summed E-state index contributed by atoms with van der Waals surface area (Å²) in [5, 5.41) is 5.09. The van der Waals surface area contributed by atoms with Crippen molar-refractivity contribution >= 4 is 20.3 Å². The van der Waals surface area contributed by atoms with E-state index in [-0.39, 0.29) is 18.9 Å². The molecule has 0 saturated carbocycles.